The fourth-order valence-corrected chi connectivity index (χ4v) is 2.52. The van der Waals surface area contributed by atoms with Gasteiger partial charge in [0, 0.05) is 12.6 Å². The topological polar surface area (TPSA) is 21.3 Å². The molecule has 0 aliphatic heterocycles. The molecule has 2 nitrogen and oxygen atoms in total. The summed E-state index contributed by atoms with van der Waals surface area (Å²) in [5, 5.41) is 3.46. The largest absolute Gasteiger partial charge is 0.378 e. The number of nitrogens with one attached hydrogen (secondary N) is 1. The molecule has 0 aromatic carbocycles. The maximum Gasteiger partial charge on any atom is 0.0580 e. The van der Waals surface area contributed by atoms with Gasteiger partial charge in [-0.3, -0.25) is 0 Å². The minimum absolute atomic E-state index is 0.564. The van der Waals surface area contributed by atoms with E-state index in [4.69, 9.17) is 4.74 Å². The first-order chi connectivity index (χ1) is 7.21. The highest BCUT2D eigenvalue weighted by Gasteiger charge is 2.31. The lowest BCUT2D eigenvalue weighted by molar-refractivity contribution is -0.0303. The molecule has 2 atom stereocenters. The van der Waals surface area contributed by atoms with Crippen molar-refractivity contribution in [3.05, 3.63) is 0 Å². The molecule has 1 rings (SSSR count). The molecule has 1 aliphatic rings. The van der Waals surface area contributed by atoms with E-state index in [1.165, 1.54) is 25.7 Å². The van der Waals surface area contributed by atoms with Crippen LogP contribution in [0.3, 0.4) is 0 Å². The molecule has 15 heavy (non-hydrogen) atoms. The van der Waals surface area contributed by atoms with E-state index >= 15 is 0 Å². The van der Waals surface area contributed by atoms with E-state index in [1.807, 2.05) is 0 Å². The molecule has 0 bridgehead atoms. The van der Waals surface area contributed by atoms with Gasteiger partial charge >= 0.3 is 0 Å². The van der Waals surface area contributed by atoms with E-state index in [1.54, 1.807) is 0 Å². The van der Waals surface area contributed by atoms with E-state index in [9.17, 15) is 0 Å². The molecular formula is C13H27NO. The molecule has 0 saturated heterocycles. The Morgan fingerprint density at radius 2 is 2.00 bits per heavy atom. The van der Waals surface area contributed by atoms with Crippen LogP contribution in [0.15, 0.2) is 0 Å². The summed E-state index contributed by atoms with van der Waals surface area (Å²) in [4.78, 5) is 0. The van der Waals surface area contributed by atoms with Crippen LogP contribution in [-0.2, 0) is 4.74 Å². The van der Waals surface area contributed by atoms with Crippen molar-refractivity contribution in [2.45, 2.75) is 58.6 Å². The molecule has 0 aromatic heterocycles. The van der Waals surface area contributed by atoms with Crippen LogP contribution in [0.5, 0.6) is 0 Å². The zero-order valence-corrected chi connectivity index (χ0v) is 10.8. The third-order valence-electron chi connectivity index (χ3n) is 3.88. The minimum Gasteiger partial charge on any atom is -0.378 e. The summed E-state index contributed by atoms with van der Waals surface area (Å²) in [5.41, 5.74) is 0. The number of ether oxygens (including phenoxy) is 1. The first-order valence-corrected chi connectivity index (χ1v) is 6.50. The quantitative estimate of drug-likeness (QED) is 0.702. The van der Waals surface area contributed by atoms with Crippen LogP contribution in [0.2, 0.25) is 0 Å². The highest BCUT2D eigenvalue weighted by Crippen LogP contribution is 2.34. The van der Waals surface area contributed by atoms with Gasteiger partial charge in [-0.2, -0.15) is 0 Å². The molecule has 2 heteroatoms. The first kappa shape index (κ1) is 13.0. The summed E-state index contributed by atoms with van der Waals surface area (Å²) in [6, 6.07) is 0.697. The monoisotopic (exact) mass is 213 g/mol. The van der Waals surface area contributed by atoms with Crippen molar-refractivity contribution < 1.29 is 4.74 Å². The van der Waals surface area contributed by atoms with Crippen molar-refractivity contribution in [2.75, 3.05) is 13.7 Å². The molecule has 1 saturated carbocycles. The van der Waals surface area contributed by atoms with Gasteiger partial charge in [-0.05, 0) is 45.1 Å². The molecule has 1 aliphatic carbocycles. The summed E-state index contributed by atoms with van der Waals surface area (Å²) < 4.78 is 5.59. The summed E-state index contributed by atoms with van der Waals surface area (Å²) in [6.07, 6.45) is 5.72. The fraction of sp³-hybridized carbons (Fsp3) is 1.00. The van der Waals surface area contributed by atoms with Gasteiger partial charge in [0.15, 0.2) is 0 Å². The average molecular weight is 213 g/mol. The van der Waals surface area contributed by atoms with E-state index in [0.29, 0.717) is 12.1 Å². The zero-order chi connectivity index (χ0) is 11.3. The minimum atomic E-state index is 0.564. The SMILES string of the molecule is CCOC1CC(CC(NC)C(C)CC)C1. The number of rotatable bonds is 7. The molecule has 2 unspecified atom stereocenters. The predicted molar refractivity (Wildman–Crippen MR) is 65.1 cm³/mol. The van der Waals surface area contributed by atoms with E-state index in [0.717, 1.165) is 18.4 Å². The third-order valence-corrected chi connectivity index (χ3v) is 3.88. The second-order valence-electron chi connectivity index (χ2n) is 4.93. The zero-order valence-electron chi connectivity index (χ0n) is 10.8. The smallest absolute Gasteiger partial charge is 0.0580 e. The van der Waals surface area contributed by atoms with Crippen molar-refractivity contribution in [1.29, 1.82) is 0 Å². The molecule has 90 valence electrons. The lowest BCUT2D eigenvalue weighted by Gasteiger charge is -2.38. The van der Waals surface area contributed by atoms with Crippen molar-refractivity contribution in [3.8, 4) is 0 Å². The lowest BCUT2D eigenvalue weighted by Crippen LogP contribution is -2.39. The van der Waals surface area contributed by atoms with E-state index in [-0.39, 0.29) is 0 Å². The molecule has 0 radical (unpaired) electrons. The molecule has 0 spiro atoms. The van der Waals surface area contributed by atoms with Gasteiger partial charge < -0.3 is 10.1 Å². The van der Waals surface area contributed by atoms with Crippen LogP contribution < -0.4 is 5.32 Å². The van der Waals surface area contributed by atoms with Crippen molar-refractivity contribution >= 4 is 0 Å². The molecule has 1 N–H and O–H groups in total. The Labute approximate surface area is 94.8 Å². The molecule has 1 fully saturated rings. The Morgan fingerprint density at radius 3 is 2.47 bits per heavy atom. The maximum absolute atomic E-state index is 5.59. The molecule has 0 amide bonds. The highest BCUT2D eigenvalue weighted by molar-refractivity contribution is 4.85. The third kappa shape index (κ3) is 3.76. The number of hydrogen-bond donors (Lipinski definition) is 1. The standard InChI is InChI=1S/C13H27NO/c1-5-10(3)13(14-4)9-11-7-12(8-11)15-6-2/h10-14H,5-9H2,1-4H3. The molecule has 0 aromatic rings. The van der Waals surface area contributed by atoms with Crippen LogP contribution in [-0.4, -0.2) is 25.8 Å². The average Bonchev–Trinajstić information content (AvgIpc) is 2.20. The van der Waals surface area contributed by atoms with E-state index < -0.39 is 0 Å². The van der Waals surface area contributed by atoms with Gasteiger partial charge in [-0.15, -0.1) is 0 Å². The van der Waals surface area contributed by atoms with Gasteiger partial charge in [0.2, 0.25) is 0 Å². The Balaban J connectivity index is 2.18. The second-order valence-corrected chi connectivity index (χ2v) is 4.93. The first-order valence-electron chi connectivity index (χ1n) is 6.50. The van der Waals surface area contributed by atoms with E-state index in [2.05, 4.69) is 33.1 Å². The van der Waals surface area contributed by atoms with Gasteiger partial charge in [0.05, 0.1) is 6.10 Å². The molecular weight excluding hydrogens is 186 g/mol. The van der Waals surface area contributed by atoms with Gasteiger partial charge in [-0.1, -0.05) is 20.3 Å². The van der Waals surface area contributed by atoms with Crippen molar-refractivity contribution in [1.82, 2.24) is 5.32 Å². The Bertz CT molecular complexity index is 166. The summed E-state index contributed by atoms with van der Waals surface area (Å²) in [7, 11) is 2.09. The summed E-state index contributed by atoms with van der Waals surface area (Å²) in [5.74, 6) is 1.69. The summed E-state index contributed by atoms with van der Waals surface area (Å²) in [6.45, 7) is 7.58. The lowest BCUT2D eigenvalue weighted by atomic mass is 9.76. The Morgan fingerprint density at radius 1 is 1.33 bits per heavy atom. The highest BCUT2D eigenvalue weighted by atomic mass is 16.5. The Kier molecular flexibility index (Phi) is 5.62. The predicted octanol–water partition coefficient (Wildman–Crippen LogP) is 2.83. The normalized spacial score (nSPS) is 29.6. The van der Waals surface area contributed by atoms with Crippen LogP contribution in [0, 0.1) is 11.8 Å². The molecule has 0 heterocycles. The van der Waals surface area contributed by atoms with Crippen LogP contribution in [0.1, 0.15) is 46.5 Å². The maximum atomic E-state index is 5.59. The van der Waals surface area contributed by atoms with Crippen LogP contribution in [0.25, 0.3) is 0 Å². The van der Waals surface area contributed by atoms with Crippen LogP contribution in [0.4, 0.5) is 0 Å². The number of hydrogen-bond acceptors (Lipinski definition) is 2. The fourth-order valence-electron chi connectivity index (χ4n) is 2.52. The second kappa shape index (κ2) is 6.49. The van der Waals surface area contributed by atoms with Gasteiger partial charge in [0.1, 0.15) is 0 Å². The Hall–Kier alpha value is -0.0800. The van der Waals surface area contributed by atoms with Crippen molar-refractivity contribution in [2.24, 2.45) is 11.8 Å². The van der Waals surface area contributed by atoms with Crippen LogP contribution >= 0.6 is 0 Å². The van der Waals surface area contributed by atoms with Gasteiger partial charge in [0.25, 0.3) is 0 Å². The van der Waals surface area contributed by atoms with Crippen molar-refractivity contribution in [3.63, 3.8) is 0 Å². The summed E-state index contributed by atoms with van der Waals surface area (Å²) >= 11 is 0. The van der Waals surface area contributed by atoms with Gasteiger partial charge in [-0.25, -0.2) is 0 Å².